The zero-order valence-electron chi connectivity index (χ0n) is 21.9. The van der Waals surface area contributed by atoms with Gasteiger partial charge in [0, 0.05) is 70.9 Å². The number of hydrogen-bond acceptors (Lipinski definition) is 5. The molecule has 1 aliphatic heterocycles. The van der Waals surface area contributed by atoms with Crippen molar-refractivity contribution in [3.05, 3.63) is 88.2 Å². The standard InChI is InChI=1S/C30H33N3O3/c1-7-32(8-2)21-14-15-24(19(4)16-21)30(25-18-31-27(35-6)17-23(25)29(34)36-30)28-20(5)33(9-3)26-13-11-10-12-22(26)28/h10-18H,7-9H2,1-6H3. The summed E-state index contributed by atoms with van der Waals surface area (Å²) in [4.78, 5) is 20.3. The number of carbonyl (C=O) groups is 1. The fourth-order valence-corrected chi connectivity index (χ4v) is 5.88. The van der Waals surface area contributed by atoms with E-state index in [1.807, 2.05) is 6.07 Å². The van der Waals surface area contributed by atoms with Crippen molar-refractivity contribution < 1.29 is 14.3 Å². The van der Waals surface area contributed by atoms with Crippen molar-refractivity contribution in [2.24, 2.45) is 0 Å². The maximum Gasteiger partial charge on any atom is 0.340 e. The van der Waals surface area contributed by atoms with E-state index in [2.05, 4.69) is 85.5 Å². The molecule has 0 N–H and O–H groups in total. The van der Waals surface area contributed by atoms with Crippen molar-refractivity contribution in [3.8, 4) is 5.88 Å². The van der Waals surface area contributed by atoms with Gasteiger partial charge >= 0.3 is 5.97 Å². The summed E-state index contributed by atoms with van der Waals surface area (Å²) in [5, 5.41) is 1.07. The van der Waals surface area contributed by atoms with Crippen LogP contribution >= 0.6 is 0 Å². The number of rotatable bonds is 7. The van der Waals surface area contributed by atoms with Crippen molar-refractivity contribution in [3.63, 3.8) is 0 Å². The third-order valence-corrected chi connectivity index (χ3v) is 7.55. The van der Waals surface area contributed by atoms with Crippen LogP contribution in [0.2, 0.25) is 0 Å². The minimum Gasteiger partial charge on any atom is -0.481 e. The number of anilines is 1. The lowest BCUT2D eigenvalue weighted by Crippen LogP contribution is -2.32. The summed E-state index contributed by atoms with van der Waals surface area (Å²) in [7, 11) is 1.55. The Morgan fingerprint density at radius 1 is 1.03 bits per heavy atom. The van der Waals surface area contributed by atoms with Crippen molar-refractivity contribution >= 4 is 22.6 Å². The molecule has 0 bridgehead atoms. The molecule has 186 valence electrons. The molecule has 1 aliphatic rings. The highest BCUT2D eigenvalue weighted by molar-refractivity contribution is 5.99. The molecule has 3 heterocycles. The molecule has 4 aromatic rings. The number of nitrogens with zero attached hydrogens (tertiary/aromatic N) is 3. The van der Waals surface area contributed by atoms with Crippen LogP contribution in [-0.2, 0) is 16.9 Å². The Morgan fingerprint density at radius 3 is 2.44 bits per heavy atom. The first kappa shape index (κ1) is 23.9. The van der Waals surface area contributed by atoms with Gasteiger partial charge in [-0.05, 0) is 58.4 Å². The Hall–Kier alpha value is -3.80. The minimum absolute atomic E-state index is 0.370. The number of aryl methyl sites for hydroxylation is 2. The molecule has 0 amide bonds. The van der Waals surface area contributed by atoms with Crippen LogP contribution in [0.15, 0.2) is 54.7 Å². The Morgan fingerprint density at radius 2 is 1.78 bits per heavy atom. The molecule has 0 spiro atoms. The Balaban J connectivity index is 1.88. The van der Waals surface area contributed by atoms with Gasteiger partial charge in [0.2, 0.25) is 5.88 Å². The van der Waals surface area contributed by atoms with Gasteiger partial charge in [0.15, 0.2) is 5.60 Å². The smallest absolute Gasteiger partial charge is 0.340 e. The first-order valence-electron chi connectivity index (χ1n) is 12.6. The maximum absolute atomic E-state index is 13.5. The first-order chi connectivity index (χ1) is 17.4. The molecule has 0 radical (unpaired) electrons. The molecule has 1 unspecified atom stereocenters. The van der Waals surface area contributed by atoms with E-state index in [0.29, 0.717) is 11.4 Å². The van der Waals surface area contributed by atoms with Crippen molar-refractivity contribution in [2.45, 2.75) is 46.8 Å². The van der Waals surface area contributed by atoms with Crippen LogP contribution < -0.4 is 9.64 Å². The summed E-state index contributed by atoms with van der Waals surface area (Å²) in [6.07, 6.45) is 1.74. The number of cyclic esters (lactones) is 1. The van der Waals surface area contributed by atoms with Crippen LogP contribution in [0.1, 0.15) is 59.1 Å². The predicted molar refractivity (Wildman–Crippen MR) is 143 cm³/mol. The van der Waals surface area contributed by atoms with E-state index >= 15 is 0 Å². The second-order valence-corrected chi connectivity index (χ2v) is 9.24. The largest absolute Gasteiger partial charge is 0.481 e. The third kappa shape index (κ3) is 3.31. The number of benzene rings is 2. The fraction of sp³-hybridized carbons (Fsp3) is 0.333. The maximum atomic E-state index is 13.5. The molecule has 0 saturated heterocycles. The fourth-order valence-electron chi connectivity index (χ4n) is 5.88. The van der Waals surface area contributed by atoms with Gasteiger partial charge in [0.1, 0.15) is 0 Å². The van der Waals surface area contributed by atoms with E-state index in [9.17, 15) is 4.79 Å². The van der Waals surface area contributed by atoms with E-state index < -0.39 is 5.60 Å². The number of aromatic nitrogens is 2. The van der Waals surface area contributed by atoms with E-state index in [-0.39, 0.29) is 5.97 Å². The van der Waals surface area contributed by atoms with Gasteiger partial charge in [-0.2, -0.15) is 0 Å². The molecular weight excluding hydrogens is 450 g/mol. The average Bonchev–Trinajstić information content (AvgIpc) is 3.34. The van der Waals surface area contributed by atoms with Gasteiger partial charge < -0.3 is 18.9 Å². The molecular formula is C30H33N3O3. The summed E-state index contributed by atoms with van der Waals surface area (Å²) in [5.41, 5.74) is 6.44. The number of para-hydroxylation sites is 1. The number of pyridine rings is 1. The van der Waals surface area contributed by atoms with Gasteiger partial charge in [-0.3, -0.25) is 0 Å². The van der Waals surface area contributed by atoms with Crippen molar-refractivity contribution in [2.75, 3.05) is 25.1 Å². The number of esters is 1. The summed E-state index contributed by atoms with van der Waals surface area (Å²) in [5.74, 6) is 0.0217. The van der Waals surface area contributed by atoms with Gasteiger partial charge in [-0.15, -0.1) is 0 Å². The monoisotopic (exact) mass is 483 g/mol. The van der Waals surface area contributed by atoms with Crippen LogP contribution in [0.5, 0.6) is 5.88 Å². The molecule has 5 rings (SSSR count). The molecule has 2 aromatic heterocycles. The molecule has 36 heavy (non-hydrogen) atoms. The van der Waals surface area contributed by atoms with Crippen LogP contribution in [0, 0.1) is 13.8 Å². The Kier molecular flexibility index (Phi) is 5.99. The van der Waals surface area contributed by atoms with Crippen molar-refractivity contribution in [1.82, 2.24) is 9.55 Å². The van der Waals surface area contributed by atoms with Crippen LogP contribution in [0.25, 0.3) is 10.9 Å². The SMILES string of the molecule is CCN(CC)c1ccc(C2(c3c(C)n(CC)c4ccccc34)OC(=O)c3cc(OC)ncc32)c(C)c1. The van der Waals surface area contributed by atoms with Crippen LogP contribution in [-0.4, -0.2) is 35.7 Å². The molecule has 6 nitrogen and oxygen atoms in total. The molecule has 1 atom stereocenters. The van der Waals surface area contributed by atoms with Crippen LogP contribution in [0.3, 0.4) is 0 Å². The van der Waals surface area contributed by atoms with E-state index in [1.54, 1.807) is 19.4 Å². The number of hydrogen-bond donors (Lipinski definition) is 0. The highest BCUT2D eigenvalue weighted by atomic mass is 16.6. The zero-order chi connectivity index (χ0) is 25.6. The van der Waals surface area contributed by atoms with Gasteiger partial charge in [-0.1, -0.05) is 24.3 Å². The Bertz CT molecular complexity index is 1470. The Labute approximate surface area is 212 Å². The lowest BCUT2D eigenvalue weighted by molar-refractivity contribution is 0.0251. The predicted octanol–water partition coefficient (Wildman–Crippen LogP) is 5.99. The quantitative estimate of drug-likeness (QED) is 0.302. The topological polar surface area (TPSA) is 56.6 Å². The highest BCUT2D eigenvalue weighted by Crippen LogP contribution is 2.52. The van der Waals surface area contributed by atoms with E-state index in [0.717, 1.165) is 64.2 Å². The van der Waals surface area contributed by atoms with Crippen LogP contribution in [0.4, 0.5) is 5.69 Å². The zero-order valence-corrected chi connectivity index (χ0v) is 21.9. The third-order valence-electron chi connectivity index (χ3n) is 7.55. The normalized spacial score (nSPS) is 16.8. The second kappa shape index (κ2) is 9.01. The number of fused-ring (bicyclic) bond motifs is 2. The molecule has 0 aliphatic carbocycles. The highest BCUT2D eigenvalue weighted by Gasteiger charge is 2.52. The van der Waals surface area contributed by atoms with Gasteiger partial charge in [-0.25, -0.2) is 9.78 Å². The lowest BCUT2D eigenvalue weighted by atomic mass is 9.77. The van der Waals surface area contributed by atoms with Gasteiger partial charge in [0.05, 0.1) is 12.7 Å². The molecule has 6 heteroatoms. The molecule has 2 aromatic carbocycles. The lowest BCUT2D eigenvalue weighted by Gasteiger charge is -2.33. The van der Waals surface area contributed by atoms with Gasteiger partial charge in [0.25, 0.3) is 0 Å². The molecule has 0 fully saturated rings. The number of carbonyl (C=O) groups excluding carboxylic acids is 1. The van der Waals surface area contributed by atoms with Crippen molar-refractivity contribution in [1.29, 1.82) is 0 Å². The molecule has 0 saturated carbocycles. The van der Waals surface area contributed by atoms with E-state index in [4.69, 9.17) is 9.47 Å². The van der Waals surface area contributed by atoms with E-state index in [1.165, 1.54) is 0 Å². The number of ether oxygens (including phenoxy) is 2. The second-order valence-electron chi connectivity index (χ2n) is 9.24. The summed E-state index contributed by atoms with van der Waals surface area (Å²) in [6, 6.07) is 16.5. The average molecular weight is 484 g/mol. The minimum atomic E-state index is -1.12. The number of methoxy groups -OCH3 is 1. The first-order valence-corrected chi connectivity index (χ1v) is 12.6. The summed E-state index contributed by atoms with van der Waals surface area (Å²) in [6.45, 7) is 13.3. The summed E-state index contributed by atoms with van der Waals surface area (Å²) < 4.78 is 14.1. The summed E-state index contributed by atoms with van der Waals surface area (Å²) >= 11 is 0.